The molecule has 4 heteroatoms. The van der Waals surface area contributed by atoms with Crippen molar-refractivity contribution in [3.05, 3.63) is 24.3 Å². The van der Waals surface area contributed by atoms with Gasteiger partial charge in [-0.15, -0.1) is 11.8 Å². The van der Waals surface area contributed by atoms with Gasteiger partial charge in [-0.1, -0.05) is 12.1 Å². The smallest absolute Gasteiger partial charge is 0.132 e. The van der Waals surface area contributed by atoms with Crippen LogP contribution in [0, 0.1) is 0 Å². The fourth-order valence-electron chi connectivity index (χ4n) is 1.57. The van der Waals surface area contributed by atoms with Crippen LogP contribution in [-0.2, 0) is 4.74 Å². The molecule has 1 rings (SSSR count). The summed E-state index contributed by atoms with van der Waals surface area (Å²) in [4.78, 5) is 1.23. The Bertz CT molecular complexity index is 320. The molecule has 0 aliphatic carbocycles. The van der Waals surface area contributed by atoms with Gasteiger partial charge in [-0.3, -0.25) is 0 Å². The Kier molecular flexibility index (Phi) is 8.73. The molecule has 0 spiro atoms. The maximum atomic E-state index is 5.32. The lowest BCUT2D eigenvalue weighted by Gasteiger charge is -2.07. The van der Waals surface area contributed by atoms with Crippen molar-refractivity contribution in [1.82, 2.24) is 5.32 Å². The minimum absolute atomic E-state index is 0.788. The molecule has 0 atom stereocenters. The van der Waals surface area contributed by atoms with Crippen LogP contribution in [0.3, 0.4) is 0 Å². The molecule has 0 aliphatic rings. The summed E-state index contributed by atoms with van der Waals surface area (Å²) in [6.45, 7) is 2.79. The van der Waals surface area contributed by atoms with E-state index in [-0.39, 0.29) is 0 Å². The monoisotopic (exact) mass is 269 g/mol. The van der Waals surface area contributed by atoms with E-state index in [2.05, 4.69) is 17.4 Å². The number of rotatable bonds is 10. The number of hydrogen-bond donors (Lipinski definition) is 1. The molecule has 1 N–H and O–H groups in total. The molecule has 1 aromatic carbocycles. The second kappa shape index (κ2) is 10.2. The first kappa shape index (κ1) is 15.3. The van der Waals surface area contributed by atoms with E-state index in [1.165, 1.54) is 17.7 Å². The zero-order chi connectivity index (χ0) is 13.1. The van der Waals surface area contributed by atoms with Crippen LogP contribution < -0.4 is 10.1 Å². The standard InChI is InChI=1S/C14H23NO2S/c1-16-11-10-15-9-5-6-12-18-14-8-4-3-7-13(14)17-2/h3-4,7-8,15H,5-6,9-12H2,1-2H3. The van der Waals surface area contributed by atoms with E-state index < -0.39 is 0 Å². The van der Waals surface area contributed by atoms with Crippen LogP contribution in [0.1, 0.15) is 12.8 Å². The number of ether oxygens (including phenoxy) is 2. The number of thioether (sulfide) groups is 1. The van der Waals surface area contributed by atoms with Crippen LogP contribution in [0.4, 0.5) is 0 Å². The highest BCUT2D eigenvalue weighted by atomic mass is 32.2. The van der Waals surface area contributed by atoms with Gasteiger partial charge in [0.05, 0.1) is 13.7 Å². The first-order chi connectivity index (χ1) is 8.88. The maximum absolute atomic E-state index is 5.32. The largest absolute Gasteiger partial charge is 0.496 e. The molecule has 18 heavy (non-hydrogen) atoms. The summed E-state index contributed by atoms with van der Waals surface area (Å²) in [5.41, 5.74) is 0. The van der Waals surface area contributed by atoms with Gasteiger partial charge in [0.15, 0.2) is 0 Å². The molecule has 0 saturated carbocycles. The van der Waals surface area contributed by atoms with Crippen molar-refractivity contribution in [3.8, 4) is 5.75 Å². The molecular weight excluding hydrogens is 246 g/mol. The van der Waals surface area contributed by atoms with Gasteiger partial charge >= 0.3 is 0 Å². The maximum Gasteiger partial charge on any atom is 0.132 e. The highest BCUT2D eigenvalue weighted by molar-refractivity contribution is 7.99. The lowest BCUT2D eigenvalue weighted by molar-refractivity contribution is 0.199. The number of nitrogens with one attached hydrogen (secondary N) is 1. The van der Waals surface area contributed by atoms with Gasteiger partial charge in [0.25, 0.3) is 0 Å². The van der Waals surface area contributed by atoms with Crippen LogP contribution in [0.2, 0.25) is 0 Å². The van der Waals surface area contributed by atoms with Crippen LogP contribution >= 0.6 is 11.8 Å². The fourth-order valence-corrected chi connectivity index (χ4v) is 2.61. The van der Waals surface area contributed by atoms with Crippen molar-refractivity contribution in [2.45, 2.75) is 17.7 Å². The van der Waals surface area contributed by atoms with Gasteiger partial charge in [0.1, 0.15) is 5.75 Å². The quantitative estimate of drug-likeness (QED) is 0.522. The van der Waals surface area contributed by atoms with Crippen molar-refractivity contribution in [2.75, 3.05) is 39.7 Å². The molecule has 3 nitrogen and oxygen atoms in total. The number of para-hydroxylation sites is 1. The molecule has 0 bridgehead atoms. The molecule has 0 unspecified atom stereocenters. The molecule has 1 aromatic rings. The average Bonchev–Trinajstić information content (AvgIpc) is 2.42. The van der Waals surface area contributed by atoms with Crippen LogP contribution in [-0.4, -0.2) is 39.7 Å². The summed E-state index contributed by atoms with van der Waals surface area (Å²) in [5, 5.41) is 3.35. The van der Waals surface area contributed by atoms with Gasteiger partial charge in [-0.05, 0) is 37.3 Å². The van der Waals surface area contributed by atoms with E-state index in [0.29, 0.717) is 0 Å². The number of methoxy groups -OCH3 is 2. The lowest BCUT2D eigenvalue weighted by atomic mass is 10.3. The predicted octanol–water partition coefficient (Wildman–Crippen LogP) is 2.80. The van der Waals surface area contributed by atoms with E-state index >= 15 is 0 Å². The van der Waals surface area contributed by atoms with Gasteiger partial charge in [-0.2, -0.15) is 0 Å². The van der Waals surface area contributed by atoms with Crippen LogP contribution in [0.15, 0.2) is 29.2 Å². The third-order valence-electron chi connectivity index (χ3n) is 2.56. The topological polar surface area (TPSA) is 30.5 Å². The van der Waals surface area contributed by atoms with E-state index in [4.69, 9.17) is 9.47 Å². The number of unbranched alkanes of at least 4 members (excludes halogenated alkanes) is 1. The van der Waals surface area contributed by atoms with E-state index in [9.17, 15) is 0 Å². The minimum Gasteiger partial charge on any atom is -0.496 e. The van der Waals surface area contributed by atoms with Crippen molar-refractivity contribution < 1.29 is 9.47 Å². The molecule has 0 radical (unpaired) electrons. The first-order valence-corrected chi connectivity index (χ1v) is 7.32. The summed E-state index contributed by atoms with van der Waals surface area (Å²) in [5.74, 6) is 2.10. The Balaban J connectivity index is 2.07. The Labute approximate surface area is 114 Å². The zero-order valence-corrected chi connectivity index (χ0v) is 12.1. The second-order valence-electron chi connectivity index (χ2n) is 3.95. The Morgan fingerprint density at radius 3 is 2.72 bits per heavy atom. The van der Waals surface area contributed by atoms with Crippen molar-refractivity contribution in [2.24, 2.45) is 0 Å². The SMILES string of the molecule is COCCNCCCCSc1ccccc1OC. The van der Waals surface area contributed by atoms with Crippen LogP contribution in [0.25, 0.3) is 0 Å². The highest BCUT2D eigenvalue weighted by Gasteiger charge is 2.01. The number of hydrogen-bond acceptors (Lipinski definition) is 4. The molecular formula is C14H23NO2S. The second-order valence-corrected chi connectivity index (χ2v) is 5.09. The van der Waals surface area contributed by atoms with Crippen molar-refractivity contribution in [1.29, 1.82) is 0 Å². The number of benzene rings is 1. The van der Waals surface area contributed by atoms with E-state index in [1.807, 2.05) is 23.9 Å². The minimum atomic E-state index is 0.788. The summed E-state index contributed by atoms with van der Waals surface area (Å²) in [6, 6.07) is 8.18. The van der Waals surface area contributed by atoms with Gasteiger partial charge in [0, 0.05) is 18.6 Å². The third kappa shape index (κ3) is 6.28. The predicted molar refractivity (Wildman–Crippen MR) is 77.7 cm³/mol. The average molecular weight is 269 g/mol. The summed E-state index contributed by atoms with van der Waals surface area (Å²) < 4.78 is 10.3. The summed E-state index contributed by atoms with van der Waals surface area (Å²) in [7, 11) is 3.45. The van der Waals surface area contributed by atoms with Gasteiger partial charge in [0.2, 0.25) is 0 Å². The Hall–Kier alpha value is -0.710. The molecule has 0 fully saturated rings. The van der Waals surface area contributed by atoms with Crippen LogP contribution in [0.5, 0.6) is 5.75 Å². The van der Waals surface area contributed by atoms with Crippen molar-refractivity contribution in [3.63, 3.8) is 0 Å². The van der Waals surface area contributed by atoms with Gasteiger partial charge < -0.3 is 14.8 Å². The summed E-state index contributed by atoms with van der Waals surface area (Å²) in [6.07, 6.45) is 2.41. The normalized spacial score (nSPS) is 10.6. The third-order valence-corrected chi connectivity index (χ3v) is 3.70. The molecule has 0 amide bonds. The Morgan fingerprint density at radius 2 is 1.94 bits per heavy atom. The fraction of sp³-hybridized carbons (Fsp3) is 0.571. The van der Waals surface area contributed by atoms with Crippen molar-refractivity contribution >= 4 is 11.8 Å². The van der Waals surface area contributed by atoms with E-state index in [1.54, 1.807) is 14.2 Å². The zero-order valence-electron chi connectivity index (χ0n) is 11.3. The molecule has 0 aliphatic heterocycles. The molecule has 102 valence electrons. The molecule has 0 aromatic heterocycles. The lowest BCUT2D eigenvalue weighted by Crippen LogP contribution is -2.20. The molecule has 0 saturated heterocycles. The Morgan fingerprint density at radius 1 is 1.11 bits per heavy atom. The molecule has 0 heterocycles. The first-order valence-electron chi connectivity index (χ1n) is 6.34. The highest BCUT2D eigenvalue weighted by Crippen LogP contribution is 2.29. The summed E-state index contributed by atoms with van der Waals surface area (Å²) >= 11 is 1.86. The van der Waals surface area contributed by atoms with E-state index in [0.717, 1.165) is 31.2 Å². The van der Waals surface area contributed by atoms with Gasteiger partial charge in [-0.25, -0.2) is 0 Å².